The molecule has 5 heteroatoms. The number of carbonyl (C=O) groups is 2. The summed E-state index contributed by atoms with van der Waals surface area (Å²) in [6, 6.07) is 11.1. The standard InChI is InChI=1S/C22H25NO4/c1-14-4-5-18(12-15(14)2)19(24)7-9-22(25)23-16(3)17-6-8-20-21(13-17)27-11-10-26-20/h4-6,8,12-13,16H,7,9-11H2,1-3H3,(H,23,25)/t16-/m0/s1. The zero-order valence-corrected chi connectivity index (χ0v) is 16.0. The van der Waals surface area contributed by atoms with Gasteiger partial charge in [-0.3, -0.25) is 9.59 Å². The summed E-state index contributed by atoms with van der Waals surface area (Å²) in [4.78, 5) is 24.6. The molecule has 0 bridgehead atoms. The van der Waals surface area contributed by atoms with Gasteiger partial charge in [-0.05, 0) is 55.7 Å². The number of carbonyl (C=O) groups excluding carboxylic acids is 2. The van der Waals surface area contributed by atoms with Crippen LogP contribution in [0.15, 0.2) is 36.4 Å². The van der Waals surface area contributed by atoms with E-state index in [1.807, 2.05) is 57.2 Å². The second kappa shape index (κ2) is 8.25. The van der Waals surface area contributed by atoms with E-state index in [9.17, 15) is 9.59 Å². The van der Waals surface area contributed by atoms with Crippen LogP contribution < -0.4 is 14.8 Å². The van der Waals surface area contributed by atoms with Gasteiger partial charge in [-0.1, -0.05) is 18.2 Å². The fourth-order valence-electron chi connectivity index (χ4n) is 3.01. The Hall–Kier alpha value is -2.82. The van der Waals surface area contributed by atoms with E-state index in [4.69, 9.17) is 9.47 Å². The molecule has 1 atom stereocenters. The minimum Gasteiger partial charge on any atom is -0.486 e. The lowest BCUT2D eigenvalue weighted by Gasteiger charge is -2.21. The highest BCUT2D eigenvalue weighted by Crippen LogP contribution is 2.32. The molecule has 0 saturated carbocycles. The Kier molecular flexibility index (Phi) is 5.79. The topological polar surface area (TPSA) is 64.6 Å². The monoisotopic (exact) mass is 367 g/mol. The van der Waals surface area contributed by atoms with Crippen molar-refractivity contribution in [2.75, 3.05) is 13.2 Å². The fraction of sp³-hybridized carbons (Fsp3) is 0.364. The van der Waals surface area contributed by atoms with Gasteiger partial charge >= 0.3 is 0 Å². The Balaban J connectivity index is 1.54. The Morgan fingerprint density at radius 2 is 1.70 bits per heavy atom. The maximum Gasteiger partial charge on any atom is 0.220 e. The van der Waals surface area contributed by atoms with Crippen molar-refractivity contribution in [3.8, 4) is 11.5 Å². The maximum absolute atomic E-state index is 12.3. The first-order valence-corrected chi connectivity index (χ1v) is 9.23. The number of fused-ring (bicyclic) bond motifs is 1. The second-order valence-electron chi connectivity index (χ2n) is 6.91. The molecule has 5 nitrogen and oxygen atoms in total. The summed E-state index contributed by atoms with van der Waals surface area (Å²) in [5.41, 5.74) is 3.83. The molecule has 2 aromatic carbocycles. The molecule has 0 fully saturated rings. The highest BCUT2D eigenvalue weighted by atomic mass is 16.6. The van der Waals surface area contributed by atoms with Crippen LogP contribution in [0.25, 0.3) is 0 Å². The summed E-state index contributed by atoms with van der Waals surface area (Å²) in [6.45, 7) is 6.98. The minimum absolute atomic E-state index is 0.0137. The third kappa shape index (κ3) is 4.67. The molecule has 1 aliphatic rings. The number of benzene rings is 2. The van der Waals surface area contributed by atoms with Gasteiger partial charge in [-0.25, -0.2) is 0 Å². The van der Waals surface area contributed by atoms with Crippen molar-refractivity contribution in [3.05, 3.63) is 58.7 Å². The highest BCUT2D eigenvalue weighted by molar-refractivity contribution is 5.98. The average molecular weight is 367 g/mol. The van der Waals surface area contributed by atoms with Crippen molar-refractivity contribution >= 4 is 11.7 Å². The van der Waals surface area contributed by atoms with Crippen LogP contribution in [0.1, 0.15) is 52.9 Å². The van der Waals surface area contributed by atoms with E-state index in [0.29, 0.717) is 24.5 Å². The number of amides is 1. The molecule has 1 N–H and O–H groups in total. The van der Waals surface area contributed by atoms with Crippen molar-refractivity contribution in [1.82, 2.24) is 5.32 Å². The van der Waals surface area contributed by atoms with E-state index < -0.39 is 0 Å². The van der Waals surface area contributed by atoms with Crippen LogP contribution >= 0.6 is 0 Å². The van der Waals surface area contributed by atoms with Crippen LogP contribution in [-0.4, -0.2) is 24.9 Å². The molecular weight excluding hydrogens is 342 g/mol. The van der Waals surface area contributed by atoms with Crippen LogP contribution in [0.4, 0.5) is 0 Å². The van der Waals surface area contributed by atoms with Gasteiger partial charge < -0.3 is 14.8 Å². The number of hydrogen-bond acceptors (Lipinski definition) is 4. The third-order valence-electron chi connectivity index (χ3n) is 4.85. The number of ketones is 1. The molecule has 0 spiro atoms. The van der Waals surface area contributed by atoms with Gasteiger partial charge in [-0.15, -0.1) is 0 Å². The number of Topliss-reactive ketones (excluding diaryl/α,β-unsaturated/α-hetero) is 1. The Bertz CT molecular complexity index is 859. The van der Waals surface area contributed by atoms with Gasteiger partial charge in [0.25, 0.3) is 0 Å². The van der Waals surface area contributed by atoms with E-state index in [0.717, 1.165) is 22.4 Å². The Morgan fingerprint density at radius 1 is 0.963 bits per heavy atom. The molecule has 3 rings (SSSR count). The SMILES string of the molecule is Cc1ccc(C(=O)CCC(=O)N[C@@H](C)c2ccc3c(c2)OCCO3)cc1C. The van der Waals surface area contributed by atoms with Gasteiger partial charge in [0.2, 0.25) is 5.91 Å². The van der Waals surface area contributed by atoms with Gasteiger partial charge in [0, 0.05) is 18.4 Å². The molecule has 2 aromatic rings. The molecule has 0 unspecified atom stereocenters. The predicted molar refractivity (Wildman–Crippen MR) is 103 cm³/mol. The highest BCUT2D eigenvalue weighted by Gasteiger charge is 2.16. The summed E-state index contributed by atoms with van der Waals surface area (Å²) >= 11 is 0. The minimum atomic E-state index is -0.176. The molecule has 0 radical (unpaired) electrons. The van der Waals surface area contributed by atoms with Crippen molar-refractivity contribution < 1.29 is 19.1 Å². The molecule has 1 aliphatic heterocycles. The van der Waals surface area contributed by atoms with Crippen molar-refractivity contribution in [1.29, 1.82) is 0 Å². The van der Waals surface area contributed by atoms with E-state index in [1.54, 1.807) is 0 Å². The quantitative estimate of drug-likeness (QED) is 0.786. The largest absolute Gasteiger partial charge is 0.486 e. The van der Waals surface area contributed by atoms with Crippen LogP contribution in [0, 0.1) is 13.8 Å². The summed E-state index contributed by atoms with van der Waals surface area (Å²) < 4.78 is 11.1. The van der Waals surface area contributed by atoms with Crippen LogP contribution in [0.2, 0.25) is 0 Å². The number of ether oxygens (including phenoxy) is 2. The van der Waals surface area contributed by atoms with E-state index >= 15 is 0 Å². The fourth-order valence-corrected chi connectivity index (χ4v) is 3.01. The smallest absolute Gasteiger partial charge is 0.220 e. The normalized spacial score (nSPS) is 13.7. The van der Waals surface area contributed by atoms with Gasteiger partial charge in [0.15, 0.2) is 17.3 Å². The molecule has 0 saturated heterocycles. The molecular formula is C22H25NO4. The first-order valence-electron chi connectivity index (χ1n) is 9.23. The Morgan fingerprint density at radius 3 is 2.44 bits per heavy atom. The summed E-state index contributed by atoms with van der Waals surface area (Å²) in [7, 11) is 0. The lowest BCUT2D eigenvalue weighted by atomic mass is 10.0. The van der Waals surface area contributed by atoms with Crippen LogP contribution in [0.3, 0.4) is 0 Å². The molecule has 1 amide bonds. The van der Waals surface area contributed by atoms with Crippen molar-refractivity contribution in [2.45, 2.75) is 39.7 Å². The summed E-state index contributed by atoms with van der Waals surface area (Å²) in [6.07, 6.45) is 0.364. The van der Waals surface area contributed by atoms with Crippen LogP contribution in [-0.2, 0) is 4.79 Å². The number of nitrogens with one attached hydrogen (secondary N) is 1. The van der Waals surface area contributed by atoms with Crippen molar-refractivity contribution in [2.24, 2.45) is 0 Å². The number of rotatable bonds is 6. The second-order valence-corrected chi connectivity index (χ2v) is 6.91. The van der Waals surface area contributed by atoms with Crippen molar-refractivity contribution in [3.63, 3.8) is 0 Å². The summed E-state index contributed by atoms with van der Waals surface area (Å²) in [5, 5.41) is 2.94. The zero-order chi connectivity index (χ0) is 19.4. The molecule has 1 heterocycles. The van der Waals surface area contributed by atoms with Gasteiger partial charge in [0.1, 0.15) is 13.2 Å². The van der Waals surface area contributed by atoms with Crippen LogP contribution in [0.5, 0.6) is 11.5 Å². The predicted octanol–water partition coefficient (Wildman–Crippen LogP) is 3.91. The first kappa shape index (κ1) is 19.0. The molecule has 27 heavy (non-hydrogen) atoms. The number of aryl methyl sites for hydroxylation is 2. The van der Waals surface area contributed by atoms with E-state index in [-0.39, 0.29) is 30.6 Å². The molecule has 142 valence electrons. The van der Waals surface area contributed by atoms with Gasteiger partial charge in [-0.2, -0.15) is 0 Å². The average Bonchev–Trinajstić information content (AvgIpc) is 2.67. The van der Waals surface area contributed by atoms with E-state index in [2.05, 4.69) is 5.32 Å². The van der Waals surface area contributed by atoms with E-state index in [1.165, 1.54) is 0 Å². The molecule has 0 aliphatic carbocycles. The third-order valence-corrected chi connectivity index (χ3v) is 4.85. The first-order chi connectivity index (χ1) is 12.9. The van der Waals surface area contributed by atoms with Gasteiger partial charge in [0.05, 0.1) is 6.04 Å². The zero-order valence-electron chi connectivity index (χ0n) is 16.0. The lowest BCUT2D eigenvalue weighted by Crippen LogP contribution is -2.27. The maximum atomic E-state index is 12.3. The number of hydrogen-bond donors (Lipinski definition) is 1. The Labute approximate surface area is 159 Å². The molecule has 0 aromatic heterocycles. The summed E-state index contributed by atoms with van der Waals surface area (Å²) in [5.74, 6) is 1.27. The lowest BCUT2D eigenvalue weighted by molar-refractivity contribution is -0.121.